The number of hydrogen-bond acceptors (Lipinski definition) is 4. The maximum atomic E-state index is 6.68. The van der Waals surface area contributed by atoms with Gasteiger partial charge in [-0.2, -0.15) is 0 Å². The van der Waals surface area contributed by atoms with Crippen LogP contribution in [0.15, 0.2) is 203 Å². The van der Waals surface area contributed by atoms with Gasteiger partial charge in [0.25, 0.3) is 0 Å². The zero-order valence-corrected chi connectivity index (χ0v) is 32.9. The molecule has 7 aromatic carbocycles. The largest absolute Gasteiger partial charge is 0.455 e. The molecule has 0 saturated heterocycles. The third kappa shape index (κ3) is 6.96. The molecular weight excluding hydrogens is 877 g/mol. The van der Waals surface area contributed by atoms with Crippen molar-refractivity contribution < 1.29 is 28.9 Å². The second-order valence-corrected chi connectivity index (χ2v) is 13.6. The van der Waals surface area contributed by atoms with Gasteiger partial charge in [-0.15, -0.1) is 71.8 Å². The number of furan rings is 2. The Morgan fingerprint density at radius 1 is 0.386 bits per heavy atom. The zero-order chi connectivity index (χ0) is 37.3. The van der Waals surface area contributed by atoms with Crippen LogP contribution in [0.3, 0.4) is 0 Å². The van der Waals surface area contributed by atoms with E-state index in [0.717, 1.165) is 94.2 Å². The van der Waals surface area contributed by atoms with Gasteiger partial charge in [0, 0.05) is 54.2 Å². The molecule has 4 nitrogen and oxygen atoms in total. The Bertz CT molecular complexity index is 3070. The number of fused-ring (bicyclic) bond motifs is 7. The molecule has 0 spiro atoms. The van der Waals surface area contributed by atoms with Crippen molar-refractivity contribution in [3.8, 4) is 55.9 Å². The van der Waals surface area contributed by atoms with E-state index in [1.807, 2.05) is 91.1 Å². The molecule has 0 aliphatic rings. The minimum atomic E-state index is 0. The van der Waals surface area contributed by atoms with Crippen LogP contribution in [0.4, 0.5) is 0 Å². The SMILES string of the molecule is [Ir].[c-]1ccccc1-c1cc(-c2cc3c4cc(-c5ccccc5)ccc4oc3c3c2oc2ccc(-c4ccccc4)cc23)ccn1.[c-]1ccccc1-c1ccccn1. The predicted octanol–water partition coefficient (Wildman–Crippen LogP) is 13.9. The van der Waals surface area contributed by atoms with E-state index in [-0.39, 0.29) is 20.1 Å². The van der Waals surface area contributed by atoms with Gasteiger partial charge >= 0.3 is 0 Å². The minimum Gasteiger partial charge on any atom is -0.455 e. The molecule has 0 amide bonds. The average molecular weight is 909 g/mol. The van der Waals surface area contributed by atoms with E-state index in [4.69, 9.17) is 8.83 Å². The van der Waals surface area contributed by atoms with Crippen molar-refractivity contribution in [3.63, 3.8) is 0 Å². The van der Waals surface area contributed by atoms with Gasteiger partial charge in [0.05, 0.1) is 5.39 Å². The third-order valence-corrected chi connectivity index (χ3v) is 10.1. The molecule has 57 heavy (non-hydrogen) atoms. The third-order valence-electron chi connectivity index (χ3n) is 10.1. The fraction of sp³-hybridized carbons (Fsp3) is 0. The first kappa shape index (κ1) is 35.8. The van der Waals surface area contributed by atoms with E-state index in [2.05, 4.69) is 119 Å². The van der Waals surface area contributed by atoms with Crippen LogP contribution in [0.2, 0.25) is 0 Å². The van der Waals surface area contributed by atoms with Gasteiger partial charge in [-0.25, -0.2) is 0 Å². The van der Waals surface area contributed by atoms with Crippen LogP contribution < -0.4 is 0 Å². The first-order valence-electron chi connectivity index (χ1n) is 18.5. The van der Waals surface area contributed by atoms with Crippen LogP contribution in [0.1, 0.15) is 0 Å². The first-order chi connectivity index (χ1) is 27.8. The van der Waals surface area contributed by atoms with Crippen LogP contribution in [0, 0.1) is 12.1 Å². The molecule has 5 heteroatoms. The summed E-state index contributed by atoms with van der Waals surface area (Å²) in [6.45, 7) is 0. The maximum Gasteiger partial charge on any atom is 0.147 e. The smallest absolute Gasteiger partial charge is 0.147 e. The average Bonchev–Trinajstić information content (AvgIpc) is 3.86. The molecule has 11 rings (SSSR count). The van der Waals surface area contributed by atoms with Crippen LogP contribution in [0.25, 0.3) is 99.8 Å². The molecule has 0 aliphatic carbocycles. The van der Waals surface area contributed by atoms with E-state index >= 15 is 0 Å². The molecular formula is C52H32IrN2O2-2. The van der Waals surface area contributed by atoms with Crippen molar-refractivity contribution in [1.29, 1.82) is 0 Å². The fourth-order valence-electron chi connectivity index (χ4n) is 7.38. The molecule has 0 atom stereocenters. The summed E-state index contributed by atoms with van der Waals surface area (Å²) in [5.41, 5.74) is 13.8. The molecule has 0 bridgehead atoms. The minimum absolute atomic E-state index is 0. The topological polar surface area (TPSA) is 52.1 Å². The second kappa shape index (κ2) is 15.7. The number of hydrogen-bond donors (Lipinski definition) is 0. The number of aromatic nitrogens is 2. The van der Waals surface area contributed by atoms with Crippen molar-refractivity contribution in [2.75, 3.05) is 0 Å². The molecule has 11 aromatic rings. The van der Waals surface area contributed by atoms with E-state index in [0.29, 0.717) is 0 Å². The molecule has 0 fully saturated rings. The fourth-order valence-corrected chi connectivity index (χ4v) is 7.38. The Labute approximate surface area is 343 Å². The monoisotopic (exact) mass is 909 g/mol. The molecule has 0 unspecified atom stereocenters. The Balaban J connectivity index is 0.000000279. The predicted molar refractivity (Wildman–Crippen MR) is 228 cm³/mol. The summed E-state index contributed by atoms with van der Waals surface area (Å²) in [5.74, 6) is 0. The van der Waals surface area contributed by atoms with E-state index < -0.39 is 0 Å². The van der Waals surface area contributed by atoms with Crippen molar-refractivity contribution in [1.82, 2.24) is 9.97 Å². The van der Waals surface area contributed by atoms with E-state index in [9.17, 15) is 0 Å². The van der Waals surface area contributed by atoms with Crippen molar-refractivity contribution in [3.05, 3.63) is 207 Å². The van der Waals surface area contributed by atoms with Crippen molar-refractivity contribution >= 4 is 43.9 Å². The molecule has 0 aliphatic heterocycles. The summed E-state index contributed by atoms with van der Waals surface area (Å²) in [7, 11) is 0. The molecule has 0 saturated carbocycles. The summed E-state index contributed by atoms with van der Waals surface area (Å²) in [6, 6.07) is 68.2. The van der Waals surface area contributed by atoms with Gasteiger partial charge in [0.15, 0.2) is 0 Å². The Morgan fingerprint density at radius 2 is 0.965 bits per heavy atom. The summed E-state index contributed by atoms with van der Waals surface area (Å²) in [6.07, 6.45) is 3.65. The molecule has 4 heterocycles. The van der Waals surface area contributed by atoms with E-state index in [1.165, 1.54) is 5.56 Å². The second-order valence-electron chi connectivity index (χ2n) is 13.6. The number of nitrogens with zero attached hydrogens (tertiary/aromatic N) is 2. The number of rotatable bonds is 5. The van der Waals surface area contributed by atoms with Crippen LogP contribution in [-0.2, 0) is 20.1 Å². The molecule has 273 valence electrons. The van der Waals surface area contributed by atoms with Crippen LogP contribution >= 0.6 is 0 Å². The van der Waals surface area contributed by atoms with Crippen molar-refractivity contribution in [2.45, 2.75) is 0 Å². The van der Waals surface area contributed by atoms with Crippen molar-refractivity contribution in [2.24, 2.45) is 0 Å². The quantitative estimate of drug-likeness (QED) is 0.161. The zero-order valence-electron chi connectivity index (χ0n) is 30.5. The number of pyridine rings is 2. The molecule has 0 N–H and O–H groups in total. The Morgan fingerprint density at radius 3 is 1.60 bits per heavy atom. The summed E-state index contributed by atoms with van der Waals surface area (Å²) < 4.78 is 13.4. The van der Waals surface area contributed by atoms with Gasteiger partial charge in [0.1, 0.15) is 22.3 Å². The van der Waals surface area contributed by atoms with Gasteiger partial charge < -0.3 is 18.8 Å². The van der Waals surface area contributed by atoms with Gasteiger partial charge in [-0.05, 0) is 81.7 Å². The van der Waals surface area contributed by atoms with Crippen LogP contribution in [0.5, 0.6) is 0 Å². The first-order valence-corrected chi connectivity index (χ1v) is 18.5. The van der Waals surface area contributed by atoms with E-state index in [1.54, 1.807) is 6.20 Å². The normalized spacial score (nSPS) is 11.0. The Hall–Kier alpha value is -6.91. The number of benzene rings is 7. The van der Waals surface area contributed by atoms with Gasteiger partial charge in [-0.1, -0.05) is 91.0 Å². The van der Waals surface area contributed by atoms with Gasteiger partial charge in [0.2, 0.25) is 0 Å². The molecule has 1 radical (unpaired) electrons. The summed E-state index contributed by atoms with van der Waals surface area (Å²) >= 11 is 0. The van der Waals surface area contributed by atoms with Crippen LogP contribution in [-0.4, -0.2) is 9.97 Å². The Kier molecular flexibility index (Phi) is 9.84. The molecule has 4 aromatic heterocycles. The standard InChI is InChI=1S/C41H24NO2.C11H8N.Ir/c1-4-10-26(11-5-1)29-16-18-37-33(22-29)34-25-32(31-20-21-42-36(24-31)28-14-8-3-9-15-28)40-39(41(34)43-37)35-23-30(17-19-38(35)44-40)27-12-6-2-7-13-27;1-2-6-10(7-3-1)11-8-4-5-9-12-11;/h1-14,16-25H;1-6,8-9H;/q2*-1;. The summed E-state index contributed by atoms with van der Waals surface area (Å²) in [4.78, 5) is 8.89. The maximum absolute atomic E-state index is 6.68. The summed E-state index contributed by atoms with van der Waals surface area (Å²) in [5, 5.41) is 4.13. The van der Waals surface area contributed by atoms with Gasteiger partial charge in [-0.3, -0.25) is 0 Å².